The number of para-hydroxylation sites is 1. The zero-order valence-electron chi connectivity index (χ0n) is 23.1. The van der Waals surface area contributed by atoms with Crippen LogP contribution in [0, 0.1) is 6.92 Å². The van der Waals surface area contributed by atoms with Gasteiger partial charge in [-0.2, -0.15) is 0 Å². The molecule has 0 amide bonds. The van der Waals surface area contributed by atoms with Crippen LogP contribution in [-0.2, 0) is 0 Å². The van der Waals surface area contributed by atoms with Gasteiger partial charge in [0.05, 0.1) is 15.7 Å². The maximum Gasteiger partial charge on any atom is 0.177 e. The van der Waals surface area contributed by atoms with E-state index in [0.29, 0.717) is 11.0 Å². The molecule has 0 aliphatic carbocycles. The molecule has 0 aliphatic rings. The maximum atomic E-state index is 7.09. The molecule has 0 atom stereocenters. The van der Waals surface area contributed by atoms with Crippen LogP contribution >= 0.6 is 34.3 Å². The molecule has 0 bridgehead atoms. The van der Waals surface area contributed by atoms with Crippen LogP contribution < -0.4 is 0 Å². The Balaban J connectivity index is 1.51. The molecule has 0 N–H and O–H groups in total. The molecule has 5 aromatic carbocycles. The number of rotatable bonds is 3. The molecule has 0 unspecified atom stereocenters. The van der Waals surface area contributed by atoms with Gasteiger partial charge in [0.25, 0.3) is 0 Å². The Morgan fingerprint density at radius 3 is 2.30 bits per heavy atom. The van der Waals surface area contributed by atoms with E-state index in [1.807, 2.05) is 29.6 Å². The molecule has 4 aromatic heterocycles. The normalized spacial score (nSPS) is 12.4. The summed E-state index contributed by atoms with van der Waals surface area (Å²) < 4.78 is 5.88. The van der Waals surface area contributed by atoms with Crippen molar-refractivity contribution in [3.63, 3.8) is 0 Å². The lowest BCUT2D eigenvalue weighted by atomic mass is 9.97. The third kappa shape index (κ3) is 3.47. The zero-order chi connectivity index (χ0) is 28.8. The van der Waals surface area contributed by atoms with Crippen molar-refractivity contribution in [3.05, 3.63) is 120 Å². The second kappa shape index (κ2) is 9.22. The van der Waals surface area contributed by atoms with Gasteiger partial charge in [0, 0.05) is 36.3 Å². The number of hydrogen-bond acceptors (Lipinski definition) is 4. The molecule has 0 radical (unpaired) electrons. The van der Waals surface area contributed by atoms with Crippen LogP contribution in [0.25, 0.3) is 85.1 Å². The van der Waals surface area contributed by atoms with Crippen LogP contribution in [0.5, 0.6) is 0 Å². The predicted molar refractivity (Wildman–Crippen MR) is 189 cm³/mol. The summed E-state index contributed by atoms with van der Waals surface area (Å²) in [4.78, 5) is 11.1. The zero-order valence-corrected chi connectivity index (χ0v) is 25.4. The van der Waals surface area contributed by atoms with Crippen molar-refractivity contribution in [1.29, 1.82) is 0 Å². The topological polar surface area (TPSA) is 30.7 Å². The first-order chi connectivity index (χ1) is 21.1. The number of halogens is 1. The Kier molecular flexibility index (Phi) is 5.36. The number of allylic oxidation sites excluding steroid dienone is 2. The summed E-state index contributed by atoms with van der Waals surface area (Å²) in [6.07, 6.45) is 5.96. The molecule has 6 heteroatoms. The van der Waals surface area contributed by atoms with Crippen LogP contribution in [0.15, 0.2) is 104 Å². The van der Waals surface area contributed by atoms with E-state index in [2.05, 4.69) is 103 Å². The second-order valence-corrected chi connectivity index (χ2v) is 13.3. The molecule has 204 valence electrons. The second-order valence-electron chi connectivity index (χ2n) is 10.8. The first-order valence-electron chi connectivity index (χ1n) is 14.1. The number of fused-ring (bicyclic) bond motifs is 13. The lowest BCUT2D eigenvalue weighted by molar-refractivity contribution is 1.09. The van der Waals surface area contributed by atoms with E-state index in [4.69, 9.17) is 21.6 Å². The molecule has 9 aromatic rings. The Morgan fingerprint density at radius 1 is 0.767 bits per heavy atom. The lowest BCUT2D eigenvalue weighted by Gasteiger charge is -2.10. The van der Waals surface area contributed by atoms with E-state index in [0.717, 1.165) is 31.5 Å². The highest BCUT2D eigenvalue weighted by Gasteiger charge is 2.24. The first-order valence-corrected chi connectivity index (χ1v) is 16.1. The highest BCUT2D eigenvalue weighted by Crippen LogP contribution is 2.48. The van der Waals surface area contributed by atoms with Crippen molar-refractivity contribution in [1.82, 2.24) is 14.5 Å². The average molecular weight is 608 g/mol. The molecule has 3 nitrogen and oxygen atoms in total. The highest BCUT2D eigenvalue weighted by molar-refractivity contribution is 7.27. The summed E-state index contributed by atoms with van der Waals surface area (Å²) in [7, 11) is 0. The Hall–Kier alpha value is -4.55. The van der Waals surface area contributed by atoms with Gasteiger partial charge in [0.2, 0.25) is 0 Å². The van der Waals surface area contributed by atoms with Crippen molar-refractivity contribution in [2.45, 2.75) is 6.92 Å². The first kappa shape index (κ1) is 25.0. The van der Waals surface area contributed by atoms with Crippen molar-refractivity contribution in [2.24, 2.45) is 0 Å². The highest BCUT2D eigenvalue weighted by atomic mass is 35.5. The van der Waals surface area contributed by atoms with Gasteiger partial charge >= 0.3 is 0 Å². The van der Waals surface area contributed by atoms with Gasteiger partial charge in [-0.3, -0.25) is 4.57 Å². The molecule has 0 saturated heterocycles. The third-order valence-corrected chi connectivity index (χ3v) is 10.9. The monoisotopic (exact) mass is 607 g/mol. The minimum absolute atomic E-state index is 0.397. The maximum absolute atomic E-state index is 7.09. The van der Waals surface area contributed by atoms with Gasteiger partial charge in [-0.05, 0) is 53.1 Å². The number of hydrogen-bond donors (Lipinski definition) is 0. The summed E-state index contributed by atoms with van der Waals surface area (Å²) in [5.41, 5.74) is 5.47. The fourth-order valence-electron chi connectivity index (χ4n) is 6.55. The third-order valence-electron chi connectivity index (χ3n) is 8.41. The van der Waals surface area contributed by atoms with Crippen LogP contribution in [0.4, 0.5) is 0 Å². The van der Waals surface area contributed by atoms with Crippen LogP contribution in [0.1, 0.15) is 11.1 Å². The van der Waals surface area contributed by atoms with Gasteiger partial charge in [0.1, 0.15) is 10.3 Å². The molecule has 43 heavy (non-hydrogen) atoms. The molecule has 9 rings (SSSR count). The molecular weight excluding hydrogens is 586 g/mol. The molecular formula is C37H22ClN3S2. The minimum atomic E-state index is 0.397. The van der Waals surface area contributed by atoms with Gasteiger partial charge in [-0.1, -0.05) is 97.1 Å². The number of nitrogens with zero attached hydrogens (tertiary/aromatic N) is 3. The summed E-state index contributed by atoms with van der Waals surface area (Å²) in [5, 5.41) is 8.84. The van der Waals surface area contributed by atoms with E-state index >= 15 is 0 Å². The number of thiophene rings is 2. The number of aromatic nitrogens is 3. The van der Waals surface area contributed by atoms with E-state index in [9.17, 15) is 0 Å². The van der Waals surface area contributed by atoms with Crippen LogP contribution in [-0.4, -0.2) is 14.5 Å². The predicted octanol–water partition coefficient (Wildman–Crippen LogP) is 11.6. The van der Waals surface area contributed by atoms with Crippen molar-refractivity contribution < 1.29 is 0 Å². The van der Waals surface area contributed by atoms with Crippen LogP contribution in [0.2, 0.25) is 5.15 Å². The van der Waals surface area contributed by atoms with E-state index in [1.54, 1.807) is 11.3 Å². The quantitative estimate of drug-likeness (QED) is 0.187. The molecule has 0 aliphatic heterocycles. The van der Waals surface area contributed by atoms with Gasteiger partial charge in [-0.15, -0.1) is 22.7 Å². The lowest BCUT2D eigenvalue weighted by Crippen LogP contribution is -2.00. The number of benzene rings is 5. The molecule has 0 saturated carbocycles. The van der Waals surface area contributed by atoms with Crippen molar-refractivity contribution >= 4 is 114 Å². The van der Waals surface area contributed by atoms with E-state index in [1.165, 1.54) is 52.8 Å². The van der Waals surface area contributed by atoms with Crippen molar-refractivity contribution in [2.75, 3.05) is 0 Å². The molecule has 4 heterocycles. The SMILES string of the molecule is C=C/C=C\c1cc2c(cc1C)sc1c2c2ccccc2c2c3ccccc3n(-c3nc4sc5ccccc5c4nc3Cl)c12. The minimum Gasteiger partial charge on any atom is -0.290 e. The van der Waals surface area contributed by atoms with Crippen LogP contribution in [0.3, 0.4) is 0 Å². The number of aryl methyl sites for hydroxylation is 1. The fraction of sp³-hybridized carbons (Fsp3) is 0.0270. The standard InChI is InChI=1S/C37H22ClN3S2/c1-3-4-11-21-19-26-29(18-20(21)2)42-34-31(26)23-13-6-5-12-22(23)30-24-14-7-9-16-27(24)41(33(30)34)36-35(38)39-32-25-15-8-10-17-28(25)43-37(32)40-36/h3-19H,1H2,2H3/b11-4-. The van der Waals surface area contributed by atoms with Crippen molar-refractivity contribution in [3.8, 4) is 5.82 Å². The fourth-order valence-corrected chi connectivity index (χ4v) is 9.11. The van der Waals surface area contributed by atoms with Gasteiger partial charge in [0.15, 0.2) is 11.0 Å². The summed E-state index contributed by atoms with van der Waals surface area (Å²) in [5.74, 6) is 0.659. The largest absolute Gasteiger partial charge is 0.290 e. The summed E-state index contributed by atoms with van der Waals surface area (Å²) in [6.45, 7) is 6.05. The smallest absolute Gasteiger partial charge is 0.177 e. The summed E-state index contributed by atoms with van der Waals surface area (Å²) in [6, 6.07) is 30.3. The van der Waals surface area contributed by atoms with Gasteiger partial charge in [-0.25, -0.2) is 9.97 Å². The Bertz CT molecular complexity index is 2670. The summed E-state index contributed by atoms with van der Waals surface area (Å²) >= 11 is 10.6. The van der Waals surface area contributed by atoms with E-state index < -0.39 is 0 Å². The molecule has 0 fully saturated rings. The molecule has 0 spiro atoms. The Labute approximate surface area is 259 Å². The Morgan fingerprint density at radius 2 is 1.49 bits per heavy atom. The van der Waals surface area contributed by atoms with Gasteiger partial charge < -0.3 is 0 Å². The van der Waals surface area contributed by atoms with E-state index in [-0.39, 0.29) is 0 Å². The average Bonchev–Trinajstić information content (AvgIpc) is 3.69.